The zero-order valence-corrected chi connectivity index (χ0v) is 13.7. The van der Waals surface area contributed by atoms with E-state index in [0.717, 1.165) is 6.07 Å². The molecule has 0 atom stereocenters. The molecule has 0 aliphatic heterocycles. The largest absolute Gasteiger partial charge is 0.465 e. The summed E-state index contributed by atoms with van der Waals surface area (Å²) in [6, 6.07) is 10.2. The highest BCUT2D eigenvalue weighted by atomic mass is 35.5. The van der Waals surface area contributed by atoms with Crippen molar-refractivity contribution in [3.63, 3.8) is 0 Å². The molecule has 22 heavy (non-hydrogen) atoms. The first-order chi connectivity index (χ1) is 10.3. The summed E-state index contributed by atoms with van der Waals surface area (Å²) < 4.78 is 31.8. The Labute approximate surface area is 137 Å². The van der Waals surface area contributed by atoms with Crippen LogP contribution in [0.25, 0.3) is 0 Å². The lowest BCUT2D eigenvalue weighted by Gasteiger charge is -2.11. The van der Waals surface area contributed by atoms with Gasteiger partial charge >= 0.3 is 5.97 Å². The molecule has 1 N–H and O–H groups in total. The number of carbonyl (C=O) groups is 1. The number of anilines is 1. The summed E-state index contributed by atoms with van der Waals surface area (Å²) in [5.41, 5.74) is 0.287. The van der Waals surface area contributed by atoms with Crippen LogP contribution >= 0.6 is 23.2 Å². The summed E-state index contributed by atoms with van der Waals surface area (Å²) in [5.74, 6) is -0.661. The van der Waals surface area contributed by atoms with Crippen LogP contribution in [0.1, 0.15) is 10.4 Å². The summed E-state index contributed by atoms with van der Waals surface area (Å²) in [6.07, 6.45) is 0. The highest BCUT2D eigenvalue weighted by molar-refractivity contribution is 7.92. The van der Waals surface area contributed by atoms with Gasteiger partial charge in [-0.3, -0.25) is 4.72 Å². The average Bonchev–Trinajstić information content (AvgIpc) is 2.49. The monoisotopic (exact) mass is 359 g/mol. The molecule has 0 unspecified atom stereocenters. The third-order valence-corrected chi connectivity index (χ3v) is 4.94. The van der Waals surface area contributed by atoms with Crippen molar-refractivity contribution in [1.82, 2.24) is 0 Å². The second-order valence-corrected chi connectivity index (χ2v) is 6.69. The molecule has 0 fully saturated rings. The molecule has 8 heteroatoms. The number of methoxy groups -OCH3 is 1. The minimum Gasteiger partial charge on any atom is -0.465 e. The smallest absolute Gasteiger partial charge is 0.337 e. The standard InChI is InChI=1S/C14H11Cl2NO4S/c1-21-14(18)9-6-7-11(16)13(8-9)22(19,20)17-12-5-3-2-4-10(12)15/h2-8,17H,1H3. The van der Waals surface area contributed by atoms with Crippen molar-refractivity contribution in [2.45, 2.75) is 4.90 Å². The van der Waals surface area contributed by atoms with Gasteiger partial charge in [-0.2, -0.15) is 0 Å². The number of rotatable bonds is 4. The Kier molecular flexibility index (Phi) is 4.95. The average molecular weight is 360 g/mol. The number of benzene rings is 2. The third-order valence-electron chi connectivity index (χ3n) is 2.76. The van der Waals surface area contributed by atoms with Gasteiger partial charge in [0.1, 0.15) is 4.90 Å². The van der Waals surface area contributed by atoms with Crippen molar-refractivity contribution in [2.75, 3.05) is 11.8 Å². The summed E-state index contributed by atoms with van der Waals surface area (Å²) in [6.45, 7) is 0. The normalized spacial score (nSPS) is 11.0. The lowest BCUT2D eigenvalue weighted by Crippen LogP contribution is -2.15. The topological polar surface area (TPSA) is 72.5 Å². The number of para-hydroxylation sites is 1. The highest BCUT2D eigenvalue weighted by Gasteiger charge is 2.21. The molecule has 0 aliphatic carbocycles. The van der Waals surface area contributed by atoms with Gasteiger partial charge in [0.15, 0.2) is 0 Å². The lowest BCUT2D eigenvalue weighted by molar-refractivity contribution is 0.0600. The number of carbonyl (C=O) groups excluding carboxylic acids is 1. The Bertz CT molecular complexity index is 821. The summed E-state index contributed by atoms with van der Waals surface area (Å²) in [7, 11) is -2.80. The molecule has 2 aromatic carbocycles. The van der Waals surface area contributed by atoms with E-state index in [4.69, 9.17) is 23.2 Å². The van der Waals surface area contributed by atoms with Crippen LogP contribution in [0, 0.1) is 0 Å². The van der Waals surface area contributed by atoms with Crippen LogP contribution in [-0.4, -0.2) is 21.5 Å². The maximum absolute atomic E-state index is 12.4. The minimum atomic E-state index is -4.00. The second-order valence-electron chi connectivity index (χ2n) is 4.22. The van der Waals surface area contributed by atoms with E-state index in [9.17, 15) is 13.2 Å². The molecule has 0 amide bonds. The van der Waals surface area contributed by atoms with Crippen LogP contribution in [0.5, 0.6) is 0 Å². The Morgan fingerprint density at radius 1 is 1.09 bits per heavy atom. The van der Waals surface area contributed by atoms with E-state index >= 15 is 0 Å². The first-order valence-corrected chi connectivity index (χ1v) is 8.24. The van der Waals surface area contributed by atoms with E-state index in [1.165, 1.54) is 25.3 Å². The van der Waals surface area contributed by atoms with Crippen molar-refractivity contribution < 1.29 is 17.9 Å². The molecular weight excluding hydrogens is 349 g/mol. The molecule has 5 nitrogen and oxygen atoms in total. The van der Waals surface area contributed by atoms with Gasteiger partial charge in [-0.25, -0.2) is 13.2 Å². The van der Waals surface area contributed by atoms with E-state index in [-0.39, 0.29) is 26.2 Å². The van der Waals surface area contributed by atoms with Gasteiger partial charge in [0.2, 0.25) is 0 Å². The van der Waals surface area contributed by atoms with Crippen LogP contribution in [0.2, 0.25) is 10.0 Å². The SMILES string of the molecule is COC(=O)c1ccc(Cl)c(S(=O)(=O)Nc2ccccc2Cl)c1. The zero-order valence-electron chi connectivity index (χ0n) is 11.3. The number of hydrogen-bond acceptors (Lipinski definition) is 4. The van der Waals surface area contributed by atoms with Crippen LogP contribution in [0.4, 0.5) is 5.69 Å². The van der Waals surface area contributed by atoms with Crippen LogP contribution in [0.3, 0.4) is 0 Å². The van der Waals surface area contributed by atoms with Crippen molar-refractivity contribution in [1.29, 1.82) is 0 Å². The lowest BCUT2D eigenvalue weighted by atomic mass is 10.2. The Morgan fingerprint density at radius 2 is 1.77 bits per heavy atom. The third kappa shape index (κ3) is 3.52. The summed E-state index contributed by atoms with van der Waals surface area (Å²) in [5, 5.41) is 0.221. The Balaban J connectivity index is 2.45. The van der Waals surface area contributed by atoms with Crippen LogP contribution < -0.4 is 4.72 Å². The minimum absolute atomic E-state index is 0.0211. The Hall–Kier alpha value is -1.76. The number of ether oxygens (including phenoxy) is 1. The Morgan fingerprint density at radius 3 is 2.41 bits per heavy atom. The fraction of sp³-hybridized carbons (Fsp3) is 0.0714. The van der Waals surface area contributed by atoms with Gasteiger partial charge in [-0.1, -0.05) is 35.3 Å². The van der Waals surface area contributed by atoms with E-state index in [1.807, 2.05) is 0 Å². The van der Waals surface area contributed by atoms with E-state index in [0.29, 0.717) is 0 Å². The zero-order chi connectivity index (χ0) is 16.3. The fourth-order valence-electron chi connectivity index (χ4n) is 1.70. The molecule has 0 aliphatic rings. The van der Waals surface area contributed by atoms with Crippen LogP contribution in [-0.2, 0) is 14.8 Å². The molecule has 0 aromatic heterocycles. The van der Waals surface area contributed by atoms with Gasteiger partial charge < -0.3 is 4.74 Å². The molecule has 0 bridgehead atoms. The van der Waals surface area contributed by atoms with Gasteiger partial charge in [0.05, 0.1) is 28.4 Å². The van der Waals surface area contributed by atoms with E-state index < -0.39 is 16.0 Å². The van der Waals surface area contributed by atoms with Gasteiger partial charge in [0.25, 0.3) is 10.0 Å². The number of nitrogens with one attached hydrogen (secondary N) is 1. The van der Waals surface area contributed by atoms with Gasteiger partial charge in [-0.05, 0) is 30.3 Å². The molecule has 0 heterocycles. The maximum Gasteiger partial charge on any atom is 0.337 e. The summed E-state index contributed by atoms with van der Waals surface area (Å²) in [4.78, 5) is 11.3. The predicted molar refractivity (Wildman–Crippen MR) is 85.1 cm³/mol. The maximum atomic E-state index is 12.4. The molecule has 0 saturated carbocycles. The highest BCUT2D eigenvalue weighted by Crippen LogP contribution is 2.28. The fourth-order valence-corrected chi connectivity index (χ4v) is 3.54. The number of halogens is 2. The van der Waals surface area contributed by atoms with Crippen molar-refractivity contribution in [2.24, 2.45) is 0 Å². The van der Waals surface area contributed by atoms with Gasteiger partial charge in [-0.15, -0.1) is 0 Å². The summed E-state index contributed by atoms with van der Waals surface area (Å²) >= 11 is 11.9. The molecule has 2 rings (SSSR count). The predicted octanol–water partition coefficient (Wildman–Crippen LogP) is 3.58. The van der Waals surface area contributed by atoms with Crippen molar-refractivity contribution >= 4 is 44.9 Å². The second kappa shape index (κ2) is 6.56. The van der Waals surface area contributed by atoms with Crippen molar-refractivity contribution in [3.05, 3.63) is 58.1 Å². The van der Waals surface area contributed by atoms with Crippen molar-refractivity contribution in [3.8, 4) is 0 Å². The number of esters is 1. The molecular formula is C14H11Cl2NO4S. The first-order valence-electron chi connectivity index (χ1n) is 6.00. The molecule has 0 spiro atoms. The first kappa shape index (κ1) is 16.6. The van der Waals surface area contributed by atoms with Crippen LogP contribution in [0.15, 0.2) is 47.4 Å². The van der Waals surface area contributed by atoms with Gasteiger partial charge in [0, 0.05) is 0 Å². The molecule has 2 aromatic rings. The van der Waals surface area contributed by atoms with E-state index in [1.54, 1.807) is 18.2 Å². The number of sulfonamides is 1. The molecule has 0 saturated heterocycles. The van der Waals surface area contributed by atoms with E-state index in [2.05, 4.69) is 9.46 Å². The quantitative estimate of drug-likeness (QED) is 0.846. The number of hydrogen-bond donors (Lipinski definition) is 1. The molecule has 0 radical (unpaired) electrons. The molecule has 116 valence electrons.